The molecule has 5 nitrogen and oxygen atoms in total. The summed E-state index contributed by atoms with van der Waals surface area (Å²) in [5.74, 6) is 0.824. The Hall–Kier alpha value is -1.78. The molecule has 0 unspecified atom stereocenters. The lowest BCUT2D eigenvalue weighted by Gasteiger charge is -2.35. The molecule has 1 aliphatic heterocycles. The average Bonchev–Trinajstić information content (AvgIpc) is 2.90. The van der Waals surface area contributed by atoms with Crippen molar-refractivity contribution in [2.24, 2.45) is 5.92 Å². The monoisotopic (exact) mass is 291 g/mol. The van der Waals surface area contributed by atoms with Crippen LogP contribution in [0.1, 0.15) is 42.7 Å². The van der Waals surface area contributed by atoms with Crippen LogP contribution in [0.4, 0.5) is 0 Å². The molecular weight excluding hydrogens is 266 g/mol. The van der Waals surface area contributed by atoms with Gasteiger partial charge in [-0.15, -0.1) is 0 Å². The summed E-state index contributed by atoms with van der Waals surface area (Å²) in [7, 11) is 0. The number of carbonyl (C=O) groups is 2. The predicted octanol–water partition coefficient (Wildman–Crippen LogP) is 2.04. The maximum atomic E-state index is 12.4. The quantitative estimate of drug-likeness (QED) is 0.923. The van der Waals surface area contributed by atoms with Crippen molar-refractivity contribution in [1.82, 2.24) is 14.8 Å². The smallest absolute Gasteiger partial charge is 0.255 e. The third kappa shape index (κ3) is 3.86. The Balaban J connectivity index is 1.84. The lowest BCUT2D eigenvalue weighted by atomic mass is 10.1. The van der Waals surface area contributed by atoms with Crippen molar-refractivity contribution >= 4 is 11.8 Å². The normalized spacial score (nSPS) is 15.6. The molecule has 116 valence electrons. The number of nitrogens with zero attached hydrogens (tertiary/aromatic N) is 2. The zero-order chi connectivity index (χ0) is 15.4. The Bertz CT molecular complexity index is 499. The largest absolute Gasteiger partial charge is 0.365 e. The van der Waals surface area contributed by atoms with Gasteiger partial charge >= 0.3 is 0 Å². The van der Waals surface area contributed by atoms with Gasteiger partial charge in [0.1, 0.15) is 0 Å². The van der Waals surface area contributed by atoms with Crippen molar-refractivity contribution in [3.63, 3.8) is 0 Å². The van der Waals surface area contributed by atoms with Crippen LogP contribution >= 0.6 is 0 Å². The summed E-state index contributed by atoms with van der Waals surface area (Å²) in [5, 5.41) is 0. The number of hydrogen-bond donors (Lipinski definition) is 1. The highest BCUT2D eigenvalue weighted by molar-refractivity contribution is 5.95. The van der Waals surface area contributed by atoms with Crippen LogP contribution in [0.3, 0.4) is 0 Å². The van der Waals surface area contributed by atoms with Gasteiger partial charge in [0, 0.05) is 44.5 Å². The number of rotatable bonds is 4. The minimum absolute atomic E-state index is 0.0584. The average molecular weight is 291 g/mol. The molecule has 0 aromatic carbocycles. The number of amides is 2. The van der Waals surface area contributed by atoms with Gasteiger partial charge in [0.25, 0.3) is 5.91 Å². The first-order valence-corrected chi connectivity index (χ1v) is 7.70. The van der Waals surface area contributed by atoms with Crippen LogP contribution in [0.15, 0.2) is 12.3 Å². The van der Waals surface area contributed by atoms with Gasteiger partial charge in [-0.2, -0.15) is 0 Å². The highest BCUT2D eigenvalue weighted by Crippen LogP contribution is 2.13. The van der Waals surface area contributed by atoms with E-state index in [0.29, 0.717) is 38.5 Å². The molecule has 1 saturated heterocycles. The van der Waals surface area contributed by atoms with Gasteiger partial charge in [0.05, 0.1) is 5.56 Å². The van der Waals surface area contributed by atoms with Crippen LogP contribution in [0.2, 0.25) is 0 Å². The third-order valence-corrected chi connectivity index (χ3v) is 4.04. The van der Waals surface area contributed by atoms with Gasteiger partial charge in [0.2, 0.25) is 5.91 Å². The highest BCUT2D eigenvalue weighted by Gasteiger charge is 2.25. The Morgan fingerprint density at radius 1 is 1.19 bits per heavy atom. The van der Waals surface area contributed by atoms with Crippen molar-refractivity contribution in [2.45, 2.75) is 33.6 Å². The Kier molecular flexibility index (Phi) is 5.04. The number of H-pyrrole nitrogens is 1. The van der Waals surface area contributed by atoms with E-state index in [9.17, 15) is 9.59 Å². The number of aryl methyl sites for hydroxylation is 1. The van der Waals surface area contributed by atoms with Crippen LogP contribution < -0.4 is 0 Å². The van der Waals surface area contributed by atoms with Gasteiger partial charge in [-0.3, -0.25) is 9.59 Å². The zero-order valence-corrected chi connectivity index (χ0v) is 13.2. The molecule has 21 heavy (non-hydrogen) atoms. The van der Waals surface area contributed by atoms with Crippen molar-refractivity contribution in [2.75, 3.05) is 26.2 Å². The molecule has 1 N–H and O–H groups in total. The minimum Gasteiger partial charge on any atom is -0.365 e. The number of nitrogens with one attached hydrogen (secondary N) is 1. The molecule has 1 aromatic rings. The molecule has 1 aromatic heterocycles. The van der Waals surface area contributed by atoms with E-state index in [2.05, 4.69) is 18.8 Å². The Labute approximate surface area is 126 Å². The van der Waals surface area contributed by atoms with Gasteiger partial charge in [-0.05, 0) is 25.3 Å². The molecule has 0 saturated carbocycles. The van der Waals surface area contributed by atoms with Crippen LogP contribution in [-0.4, -0.2) is 52.8 Å². The van der Waals surface area contributed by atoms with E-state index >= 15 is 0 Å². The number of hydrogen-bond acceptors (Lipinski definition) is 2. The van der Waals surface area contributed by atoms with Crippen molar-refractivity contribution in [3.05, 3.63) is 23.5 Å². The van der Waals surface area contributed by atoms with Gasteiger partial charge in [0.15, 0.2) is 0 Å². The zero-order valence-electron chi connectivity index (χ0n) is 13.2. The van der Waals surface area contributed by atoms with E-state index in [4.69, 9.17) is 0 Å². The molecule has 0 atom stereocenters. The maximum Gasteiger partial charge on any atom is 0.255 e. The van der Waals surface area contributed by atoms with Crippen molar-refractivity contribution in [3.8, 4) is 0 Å². The van der Waals surface area contributed by atoms with E-state index in [1.54, 1.807) is 6.20 Å². The Morgan fingerprint density at radius 2 is 1.81 bits per heavy atom. The third-order valence-electron chi connectivity index (χ3n) is 4.04. The predicted molar refractivity (Wildman–Crippen MR) is 82.1 cm³/mol. The molecule has 2 rings (SSSR count). The first-order valence-electron chi connectivity index (χ1n) is 7.70. The second-order valence-electron chi connectivity index (χ2n) is 6.12. The van der Waals surface area contributed by atoms with Crippen LogP contribution in [-0.2, 0) is 4.79 Å². The summed E-state index contributed by atoms with van der Waals surface area (Å²) in [5.41, 5.74) is 1.63. The van der Waals surface area contributed by atoms with E-state index in [1.807, 2.05) is 22.8 Å². The molecule has 0 spiro atoms. The van der Waals surface area contributed by atoms with Crippen LogP contribution in [0, 0.1) is 12.8 Å². The SMILES string of the molecule is Cc1[nH]ccc1C(=O)N1CCN(C(=O)CCC(C)C)CC1. The summed E-state index contributed by atoms with van der Waals surface area (Å²) in [4.78, 5) is 31.2. The van der Waals surface area contributed by atoms with Crippen molar-refractivity contribution < 1.29 is 9.59 Å². The first kappa shape index (κ1) is 15.6. The van der Waals surface area contributed by atoms with Gasteiger partial charge in [-0.1, -0.05) is 13.8 Å². The van der Waals surface area contributed by atoms with E-state index in [0.717, 1.165) is 17.7 Å². The van der Waals surface area contributed by atoms with Gasteiger partial charge < -0.3 is 14.8 Å². The molecular formula is C16H25N3O2. The number of carbonyl (C=O) groups excluding carboxylic acids is 2. The topological polar surface area (TPSA) is 56.4 Å². The second-order valence-corrected chi connectivity index (χ2v) is 6.12. The molecule has 1 aliphatic rings. The van der Waals surface area contributed by atoms with Crippen LogP contribution in [0.25, 0.3) is 0 Å². The number of aromatic amines is 1. The fourth-order valence-electron chi connectivity index (χ4n) is 2.58. The van der Waals surface area contributed by atoms with Crippen LogP contribution in [0.5, 0.6) is 0 Å². The summed E-state index contributed by atoms with van der Waals surface area (Å²) in [6, 6.07) is 1.82. The summed E-state index contributed by atoms with van der Waals surface area (Å²) >= 11 is 0. The minimum atomic E-state index is 0.0584. The maximum absolute atomic E-state index is 12.4. The molecule has 1 fully saturated rings. The first-order chi connectivity index (χ1) is 9.99. The summed E-state index contributed by atoms with van der Waals surface area (Å²) < 4.78 is 0. The highest BCUT2D eigenvalue weighted by atomic mass is 16.2. The summed E-state index contributed by atoms with van der Waals surface area (Å²) in [6.45, 7) is 8.69. The molecule has 0 radical (unpaired) electrons. The molecule has 2 heterocycles. The lowest BCUT2D eigenvalue weighted by Crippen LogP contribution is -2.50. The molecule has 0 bridgehead atoms. The fraction of sp³-hybridized carbons (Fsp3) is 0.625. The summed E-state index contributed by atoms with van der Waals surface area (Å²) in [6.07, 6.45) is 3.33. The standard InChI is InChI=1S/C16H25N3O2/c1-12(2)4-5-15(20)18-8-10-19(11-9-18)16(21)14-6-7-17-13(14)3/h6-7,12,17H,4-5,8-11H2,1-3H3. The Morgan fingerprint density at radius 3 is 2.33 bits per heavy atom. The second kappa shape index (κ2) is 6.78. The van der Waals surface area contributed by atoms with E-state index in [1.165, 1.54) is 0 Å². The lowest BCUT2D eigenvalue weighted by molar-refractivity contribution is -0.132. The van der Waals surface area contributed by atoms with E-state index in [-0.39, 0.29) is 11.8 Å². The van der Waals surface area contributed by atoms with Crippen molar-refractivity contribution in [1.29, 1.82) is 0 Å². The fourth-order valence-corrected chi connectivity index (χ4v) is 2.58. The van der Waals surface area contributed by atoms with Gasteiger partial charge in [-0.25, -0.2) is 0 Å². The molecule has 0 aliphatic carbocycles. The van der Waals surface area contributed by atoms with E-state index < -0.39 is 0 Å². The molecule has 5 heteroatoms. The number of piperazine rings is 1. The molecule has 2 amide bonds. The number of aromatic nitrogens is 1.